The first-order valence-corrected chi connectivity index (χ1v) is 8.84. The number of fused-ring (bicyclic) bond motifs is 1. The number of nitrogens with one attached hydrogen (secondary N) is 1. The molecule has 3 rings (SSSR count). The maximum absolute atomic E-state index is 12.5. The fraction of sp³-hybridized carbons (Fsp3) is 0.400. The molecule has 1 fully saturated rings. The highest BCUT2D eigenvalue weighted by Gasteiger charge is 2.16. The zero-order valence-corrected chi connectivity index (χ0v) is 14.4. The molecule has 0 aliphatic heterocycles. The number of carbonyl (C=O) groups excluding carboxylic acids is 1. The summed E-state index contributed by atoms with van der Waals surface area (Å²) in [7, 11) is 0. The van der Waals surface area contributed by atoms with Crippen molar-refractivity contribution in [3.63, 3.8) is 0 Å². The van der Waals surface area contributed by atoms with Gasteiger partial charge in [-0.2, -0.15) is 0 Å². The molecule has 1 aromatic carbocycles. The fourth-order valence-electron chi connectivity index (χ4n) is 3.36. The number of aromatic nitrogens is 1. The number of allylic oxidation sites excluding steroid dienone is 1. The number of rotatable bonds is 6. The van der Waals surface area contributed by atoms with E-state index in [4.69, 9.17) is 4.74 Å². The van der Waals surface area contributed by atoms with E-state index in [2.05, 4.69) is 11.9 Å². The highest BCUT2D eigenvalue weighted by molar-refractivity contribution is 5.88. The van der Waals surface area contributed by atoms with Gasteiger partial charge in [0.1, 0.15) is 5.75 Å². The minimum atomic E-state index is -0.107. The molecule has 0 atom stereocenters. The molecule has 0 spiro atoms. The number of nitrogens with zero attached hydrogens (tertiary/aromatic N) is 1. The monoisotopic (exact) mass is 340 g/mol. The van der Waals surface area contributed by atoms with Crippen molar-refractivity contribution in [2.75, 3.05) is 6.61 Å². The molecule has 1 saturated carbocycles. The summed E-state index contributed by atoms with van der Waals surface area (Å²) in [6.07, 6.45) is 9.09. The molecule has 0 radical (unpaired) electrons. The van der Waals surface area contributed by atoms with E-state index in [1.165, 1.54) is 19.3 Å². The van der Waals surface area contributed by atoms with Crippen LogP contribution < -0.4 is 15.6 Å². The van der Waals surface area contributed by atoms with E-state index >= 15 is 0 Å². The predicted molar refractivity (Wildman–Crippen MR) is 98.9 cm³/mol. The third kappa shape index (κ3) is 4.10. The molecular formula is C20H24N2O3. The SMILES string of the molecule is C=CCn1ccc2c(OCC(=O)NC3CCCCC3)cccc2c1=O. The Hall–Kier alpha value is -2.56. The van der Waals surface area contributed by atoms with Gasteiger partial charge in [0.25, 0.3) is 11.5 Å². The minimum absolute atomic E-state index is 0.0364. The average Bonchev–Trinajstić information content (AvgIpc) is 2.63. The highest BCUT2D eigenvalue weighted by atomic mass is 16.5. The van der Waals surface area contributed by atoms with E-state index in [-0.39, 0.29) is 24.1 Å². The van der Waals surface area contributed by atoms with Crippen molar-refractivity contribution in [2.45, 2.75) is 44.7 Å². The van der Waals surface area contributed by atoms with Crippen molar-refractivity contribution in [2.24, 2.45) is 0 Å². The van der Waals surface area contributed by atoms with Crippen LogP contribution in [0.15, 0.2) is 47.9 Å². The molecule has 0 bridgehead atoms. The molecule has 1 heterocycles. The zero-order chi connectivity index (χ0) is 17.6. The van der Waals surface area contributed by atoms with E-state index in [1.54, 1.807) is 35.0 Å². The lowest BCUT2D eigenvalue weighted by molar-refractivity contribution is -0.124. The molecule has 0 saturated heterocycles. The number of hydrogen-bond donors (Lipinski definition) is 1. The molecule has 1 aliphatic carbocycles. The van der Waals surface area contributed by atoms with Crippen molar-refractivity contribution in [1.29, 1.82) is 0 Å². The molecule has 1 aliphatic rings. The predicted octanol–water partition coefficient (Wildman–Crippen LogP) is 3.02. The molecule has 25 heavy (non-hydrogen) atoms. The zero-order valence-electron chi connectivity index (χ0n) is 14.4. The van der Waals surface area contributed by atoms with Crippen LogP contribution in [0, 0.1) is 0 Å². The van der Waals surface area contributed by atoms with Gasteiger partial charge >= 0.3 is 0 Å². The van der Waals surface area contributed by atoms with Crippen LogP contribution in [-0.2, 0) is 11.3 Å². The average molecular weight is 340 g/mol. The standard InChI is InChI=1S/C20H24N2O3/c1-2-12-22-13-11-16-17(20(22)24)9-6-10-18(16)25-14-19(23)21-15-7-4-3-5-8-15/h2,6,9-11,13,15H,1,3-5,7-8,12,14H2,(H,21,23). The second-order valence-corrected chi connectivity index (χ2v) is 6.47. The summed E-state index contributed by atoms with van der Waals surface area (Å²) in [6.45, 7) is 4.09. The van der Waals surface area contributed by atoms with Gasteiger partial charge < -0.3 is 14.6 Å². The molecule has 132 valence electrons. The van der Waals surface area contributed by atoms with Crippen LogP contribution in [0.3, 0.4) is 0 Å². The van der Waals surface area contributed by atoms with Crippen molar-refractivity contribution in [3.8, 4) is 5.75 Å². The van der Waals surface area contributed by atoms with E-state index in [0.29, 0.717) is 17.7 Å². The van der Waals surface area contributed by atoms with E-state index in [0.717, 1.165) is 18.2 Å². The summed E-state index contributed by atoms with van der Waals surface area (Å²) in [5.41, 5.74) is -0.0884. The molecule has 1 amide bonds. The third-order valence-corrected chi connectivity index (χ3v) is 4.63. The maximum atomic E-state index is 12.5. The van der Waals surface area contributed by atoms with Gasteiger partial charge in [-0.3, -0.25) is 9.59 Å². The number of carbonyl (C=O) groups is 1. The maximum Gasteiger partial charge on any atom is 0.258 e. The van der Waals surface area contributed by atoms with Crippen molar-refractivity contribution < 1.29 is 9.53 Å². The van der Waals surface area contributed by atoms with Gasteiger partial charge in [-0.1, -0.05) is 31.4 Å². The topological polar surface area (TPSA) is 60.3 Å². The van der Waals surface area contributed by atoms with Crippen LogP contribution in [0.2, 0.25) is 0 Å². The Labute approximate surface area is 147 Å². The molecule has 1 aromatic heterocycles. The largest absolute Gasteiger partial charge is 0.483 e. The molecule has 0 unspecified atom stereocenters. The van der Waals surface area contributed by atoms with E-state index < -0.39 is 0 Å². The first kappa shape index (κ1) is 17.3. The van der Waals surface area contributed by atoms with Gasteiger partial charge in [-0.05, 0) is 31.0 Å². The van der Waals surface area contributed by atoms with Gasteiger partial charge in [0, 0.05) is 24.2 Å². The molecule has 5 nitrogen and oxygen atoms in total. The number of benzene rings is 1. The summed E-state index contributed by atoms with van der Waals surface area (Å²) >= 11 is 0. The summed E-state index contributed by atoms with van der Waals surface area (Å²) in [6, 6.07) is 7.44. The second-order valence-electron chi connectivity index (χ2n) is 6.47. The van der Waals surface area contributed by atoms with E-state index in [9.17, 15) is 9.59 Å². The second kappa shape index (κ2) is 8.01. The number of amides is 1. The lowest BCUT2D eigenvalue weighted by Gasteiger charge is -2.22. The Balaban J connectivity index is 1.71. The van der Waals surface area contributed by atoms with E-state index in [1.807, 2.05) is 6.07 Å². The highest BCUT2D eigenvalue weighted by Crippen LogP contribution is 2.23. The van der Waals surface area contributed by atoms with Crippen LogP contribution >= 0.6 is 0 Å². The van der Waals surface area contributed by atoms with Gasteiger partial charge in [0.05, 0.1) is 5.39 Å². The van der Waals surface area contributed by atoms with Crippen molar-refractivity contribution in [1.82, 2.24) is 9.88 Å². The normalized spacial score (nSPS) is 15.0. The van der Waals surface area contributed by atoms with Crippen LogP contribution in [0.4, 0.5) is 0 Å². The Morgan fingerprint density at radius 3 is 2.80 bits per heavy atom. The van der Waals surface area contributed by atoms with Crippen molar-refractivity contribution in [3.05, 3.63) is 53.5 Å². The molecule has 2 aromatic rings. The Morgan fingerprint density at radius 2 is 2.04 bits per heavy atom. The van der Waals surface area contributed by atoms with Crippen LogP contribution in [-0.4, -0.2) is 23.1 Å². The Kier molecular flexibility index (Phi) is 5.53. The van der Waals surface area contributed by atoms with Gasteiger partial charge in [-0.15, -0.1) is 6.58 Å². The van der Waals surface area contributed by atoms with Crippen LogP contribution in [0.1, 0.15) is 32.1 Å². The fourth-order valence-corrected chi connectivity index (χ4v) is 3.36. The number of pyridine rings is 1. The quantitative estimate of drug-likeness (QED) is 0.822. The van der Waals surface area contributed by atoms with Gasteiger partial charge in [-0.25, -0.2) is 0 Å². The van der Waals surface area contributed by atoms with Gasteiger partial charge in [0.15, 0.2) is 6.61 Å². The van der Waals surface area contributed by atoms with Crippen molar-refractivity contribution >= 4 is 16.7 Å². The third-order valence-electron chi connectivity index (χ3n) is 4.63. The summed E-state index contributed by atoms with van der Waals surface area (Å²) in [4.78, 5) is 24.6. The molecule has 5 heteroatoms. The summed E-state index contributed by atoms with van der Waals surface area (Å²) in [5, 5.41) is 4.33. The number of hydrogen-bond acceptors (Lipinski definition) is 3. The van der Waals surface area contributed by atoms with Gasteiger partial charge in [0.2, 0.25) is 0 Å². The summed E-state index contributed by atoms with van der Waals surface area (Å²) < 4.78 is 7.29. The smallest absolute Gasteiger partial charge is 0.258 e. The lowest BCUT2D eigenvalue weighted by Crippen LogP contribution is -2.39. The molecular weight excluding hydrogens is 316 g/mol. The summed E-state index contributed by atoms with van der Waals surface area (Å²) in [5.74, 6) is 0.447. The first-order chi connectivity index (χ1) is 12.2. The Bertz CT molecular complexity index is 819. The van der Waals surface area contributed by atoms with Crippen LogP contribution in [0.25, 0.3) is 10.8 Å². The number of ether oxygens (including phenoxy) is 1. The molecule has 1 N–H and O–H groups in total. The first-order valence-electron chi connectivity index (χ1n) is 8.84. The van der Waals surface area contributed by atoms with Crippen LogP contribution in [0.5, 0.6) is 5.75 Å². The minimum Gasteiger partial charge on any atom is -0.483 e. The lowest BCUT2D eigenvalue weighted by atomic mass is 9.95. The Morgan fingerprint density at radius 1 is 1.24 bits per heavy atom.